The highest BCUT2D eigenvalue weighted by atomic mass is 32.1. The summed E-state index contributed by atoms with van der Waals surface area (Å²) in [5, 5.41) is 14.9. The molecule has 0 radical (unpaired) electrons. The number of hydrogen-bond acceptors (Lipinski definition) is 5. The van der Waals surface area contributed by atoms with E-state index in [9.17, 15) is 28.1 Å². The van der Waals surface area contributed by atoms with Gasteiger partial charge in [0.1, 0.15) is 12.4 Å². The summed E-state index contributed by atoms with van der Waals surface area (Å²) >= 11 is 1.16. The Bertz CT molecular complexity index is 1020. The minimum atomic E-state index is -4.44. The third-order valence-corrected chi connectivity index (χ3v) is 4.78. The van der Waals surface area contributed by atoms with Gasteiger partial charge in [-0.15, -0.1) is 11.3 Å². The van der Waals surface area contributed by atoms with E-state index < -0.39 is 22.6 Å². The van der Waals surface area contributed by atoms with Crippen molar-refractivity contribution in [2.24, 2.45) is 0 Å². The number of halogens is 3. The molecule has 3 rings (SSSR count). The molecule has 2 aromatic carbocycles. The fourth-order valence-electron chi connectivity index (χ4n) is 2.34. The molecule has 1 heterocycles. The van der Waals surface area contributed by atoms with Crippen molar-refractivity contribution < 1.29 is 27.6 Å². The fourth-order valence-corrected chi connectivity index (χ4v) is 3.13. The topological polar surface area (TPSA) is 81.5 Å². The molecule has 1 aromatic heterocycles. The number of ether oxygens (including phenoxy) is 1. The van der Waals surface area contributed by atoms with Crippen LogP contribution in [0.3, 0.4) is 0 Å². The second-order valence-electron chi connectivity index (χ2n) is 5.89. The molecule has 0 aliphatic heterocycles. The average Bonchev–Trinajstić information content (AvgIpc) is 3.15. The zero-order chi connectivity index (χ0) is 21.0. The summed E-state index contributed by atoms with van der Waals surface area (Å²) in [6.07, 6.45) is -4.44. The molecule has 1 N–H and O–H groups in total. The third-order valence-electron chi connectivity index (χ3n) is 3.80. The number of carbonyl (C=O) groups excluding carboxylic acids is 1. The fraction of sp³-hybridized carbons (Fsp3) is 0.105. The second kappa shape index (κ2) is 8.31. The van der Waals surface area contributed by atoms with Gasteiger partial charge in [0.25, 0.3) is 11.6 Å². The molecule has 0 unspecified atom stereocenters. The molecular formula is C19H13F3N2O4S. The number of rotatable bonds is 6. The lowest BCUT2D eigenvalue weighted by Gasteiger charge is -2.08. The van der Waals surface area contributed by atoms with Crippen LogP contribution in [0.1, 0.15) is 20.8 Å². The van der Waals surface area contributed by atoms with Crippen molar-refractivity contribution in [1.82, 2.24) is 0 Å². The maximum atomic E-state index is 12.6. The van der Waals surface area contributed by atoms with E-state index in [1.54, 1.807) is 11.4 Å². The number of nitrogens with zero attached hydrogens (tertiary/aromatic N) is 1. The monoisotopic (exact) mass is 422 g/mol. The molecule has 0 fully saturated rings. The molecule has 0 bridgehead atoms. The van der Waals surface area contributed by atoms with Gasteiger partial charge in [-0.25, -0.2) is 0 Å². The molecule has 0 aliphatic rings. The number of amides is 1. The van der Waals surface area contributed by atoms with Gasteiger partial charge in [0, 0.05) is 23.4 Å². The Morgan fingerprint density at radius 3 is 2.34 bits per heavy atom. The maximum Gasteiger partial charge on any atom is 0.416 e. The lowest BCUT2D eigenvalue weighted by Crippen LogP contribution is -2.11. The Hall–Kier alpha value is -3.40. The minimum absolute atomic E-state index is 0.0462. The van der Waals surface area contributed by atoms with Crippen LogP contribution in [0.5, 0.6) is 5.75 Å². The van der Waals surface area contributed by atoms with Gasteiger partial charge >= 0.3 is 6.18 Å². The van der Waals surface area contributed by atoms with Gasteiger partial charge in [-0.05, 0) is 47.8 Å². The quantitative estimate of drug-likeness (QED) is 0.420. The molecule has 0 atom stereocenters. The summed E-state index contributed by atoms with van der Waals surface area (Å²) in [5.41, 5.74) is 0.124. The first-order valence-electron chi connectivity index (χ1n) is 8.15. The van der Waals surface area contributed by atoms with E-state index in [2.05, 4.69) is 5.32 Å². The summed E-state index contributed by atoms with van der Waals surface area (Å²) in [6, 6.07) is 11.4. The number of nitro groups is 1. The summed E-state index contributed by atoms with van der Waals surface area (Å²) in [5.74, 6) is -0.00565. The summed E-state index contributed by atoms with van der Waals surface area (Å²) in [4.78, 5) is 22.7. The molecule has 3 aromatic rings. The highest BCUT2D eigenvalue weighted by Gasteiger charge is 2.30. The van der Waals surface area contributed by atoms with Crippen molar-refractivity contribution in [2.75, 3.05) is 5.32 Å². The number of nitro benzene ring substituents is 1. The van der Waals surface area contributed by atoms with E-state index >= 15 is 0 Å². The number of benzene rings is 2. The van der Waals surface area contributed by atoms with Crippen molar-refractivity contribution in [3.8, 4) is 5.75 Å². The smallest absolute Gasteiger partial charge is 0.416 e. The first-order valence-corrected chi connectivity index (χ1v) is 9.03. The molecule has 10 heteroatoms. The summed E-state index contributed by atoms with van der Waals surface area (Å²) in [7, 11) is 0. The lowest BCUT2D eigenvalue weighted by molar-refractivity contribution is -0.384. The van der Waals surface area contributed by atoms with Gasteiger partial charge < -0.3 is 10.1 Å². The molecule has 1 amide bonds. The predicted molar refractivity (Wildman–Crippen MR) is 101 cm³/mol. The van der Waals surface area contributed by atoms with Gasteiger partial charge in [0.15, 0.2) is 0 Å². The molecule has 0 saturated carbocycles. The second-order valence-corrected chi connectivity index (χ2v) is 6.80. The van der Waals surface area contributed by atoms with Crippen molar-refractivity contribution in [2.45, 2.75) is 12.8 Å². The van der Waals surface area contributed by atoms with E-state index in [1.807, 2.05) is 0 Å². The highest BCUT2D eigenvalue weighted by Crippen LogP contribution is 2.30. The number of carbonyl (C=O) groups is 1. The molecule has 0 spiro atoms. The van der Waals surface area contributed by atoms with Crippen LogP contribution in [0.25, 0.3) is 0 Å². The number of anilines is 1. The van der Waals surface area contributed by atoms with Crippen LogP contribution in [0.2, 0.25) is 0 Å². The molecular weight excluding hydrogens is 409 g/mol. The van der Waals surface area contributed by atoms with Crippen LogP contribution in [-0.4, -0.2) is 10.8 Å². The van der Waals surface area contributed by atoms with Crippen LogP contribution in [0.15, 0.2) is 60.0 Å². The maximum absolute atomic E-state index is 12.6. The Morgan fingerprint density at radius 2 is 1.76 bits per heavy atom. The lowest BCUT2D eigenvalue weighted by atomic mass is 10.2. The Labute approximate surface area is 166 Å². The van der Waals surface area contributed by atoms with Gasteiger partial charge in [0.2, 0.25) is 0 Å². The van der Waals surface area contributed by atoms with Crippen LogP contribution in [0, 0.1) is 10.1 Å². The zero-order valence-electron chi connectivity index (χ0n) is 14.6. The molecule has 29 heavy (non-hydrogen) atoms. The average molecular weight is 422 g/mol. The number of alkyl halides is 3. The van der Waals surface area contributed by atoms with Crippen molar-refractivity contribution in [1.29, 1.82) is 0 Å². The van der Waals surface area contributed by atoms with Crippen LogP contribution < -0.4 is 10.1 Å². The number of thiophene rings is 1. The summed E-state index contributed by atoms with van der Waals surface area (Å²) < 4.78 is 43.2. The Morgan fingerprint density at radius 1 is 1.10 bits per heavy atom. The summed E-state index contributed by atoms with van der Waals surface area (Å²) in [6.45, 7) is 0.155. The van der Waals surface area contributed by atoms with E-state index in [0.717, 1.165) is 23.5 Å². The van der Waals surface area contributed by atoms with Gasteiger partial charge in [-0.1, -0.05) is 0 Å². The van der Waals surface area contributed by atoms with Crippen LogP contribution in [0.4, 0.5) is 24.5 Å². The van der Waals surface area contributed by atoms with Crippen molar-refractivity contribution in [3.05, 3.63) is 86.1 Å². The number of hydrogen-bond donors (Lipinski definition) is 1. The largest absolute Gasteiger partial charge is 0.489 e. The van der Waals surface area contributed by atoms with E-state index in [-0.39, 0.29) is 18.0 Å². The van der Waals surface area contributed by atoms with Crippen LogP contribution in [-0.2, 0) is 12.8 Å². The van der Waals surface area contributed by atoms with Gasteiger partial charge in [-0.3, -0.25) is 14.9 Å². The number of nitrogens with one attached hydrogen (secondary N) is 1. The Balaban J connectivity index is 1.57. The van der Waals surface area contributed by atoms with Crippen molar-refractivity contribution >= 4 is 28.6 Å². The highest BCUT2D eigenvalue weighted by molar-refractivity contribution is 7.12. The van der Waals surface area contributed by atoms with E-state index in [1.165, 1.54) is 36.4 Å². The molecule has 0 aliphatic carbocycles. The predicted octanol–water partition coefficient (Wildman–Crippen LogP) is 5.51. The third kappa shape index (κ3) is 5.32. The normalized spacial score (nSPS) is 11.1. The number of non-ortho nitro benzene ring substituents is 1. The van der Waals surface area contributed by atoms with E-state index in [0.29, 0.717) is 16.2 Å². The standard InChI is InChI=1S/C19H13F3N2O4S/c20-19(21,22)13-1-3-14(4-2-13)23-18(25)17-9-12(11-29-17)10-28-16-7-5-15(6-8-16)24(26)27/h1-9,11H,10H2,(H,23,25). The first-order chi connectivity index (χ1) is 13.7. The zero-order valence-corrected chi connectivity index (χ0v) is 15.4. The van der Waals surface area contributed by atoms with Gasteiger partial charge in [-0.2, -0.15) is 13.2 Å². The van der Waals surface area contributed by atoms with E-state index in [4.69, 9.17) is 4.74 Å². The molecule has 6 nitrogen and oxygen atoms in total. The first kappa shape index (κ1) is 20.3. The minimum Gasteiger partial charge on any atom is -0.489 e. The Kier molecular flexibility index (Phi) is 5.83. The van der Waals surface area contributed by atoms with Gasteiger partial charge in [0.05, 0.1) is 15.4 Å². The molecule has 150 valence electrons. The molecule has 0 saturated heterocycles. The SMILES string of the molecule is O=C(Nc1ccc(C(F)(F)F)cc1)c1cc(COc2ccc([N+](=O)[O-])cc2)cs1. The van der Waals surface area contributed by atoms with Crippen molar-refractivity contribution in [3.63, 3.8) is 0 Å². The van der Waals surface area contributed by atoms with Crippen LogP contribution >= 0.6 is 11.3 Å².